The van der Waals surface area contributed by atoms with E-state index < -0.39 is 11.8 Å². The lowest BCUT2D eigenvalue weighted by Gasteiger charge is -2.06. The highest BCUT2D eigenvalue weighted by atomic mass is 35.5. The summed E-state index contributed by atoms with van der Waals surface area (Å²) in [4.78, 5) is 11.7. The minimum atomic E-state index is -0.538. The minimum Gasteiger partial charge on any atom is -0.465 e. The predicted octanol–water partition coefficient (Wildman–Crippen LogP) is 3.58. The van der Waals surface area contributed by atoms with E-state index in [1.807, 2.05) is 0 Å². The summed E-state index contributed by atoms with van der Waals surface area (Å²) < 4.78 is 17.7. The van der Waals surface area contributed by atoms with Crippen LogP contribution in [-0.2, 0) is 4.74 Å². The maximum absolute atomic E-state index is 13.0. The van der Waals surface area contributed by atoms with Gasteiger partial charge in [0.15, 0.2) is 0 Å². The maximum atomic E-state index is 13.0. The van der Waals surface area contributed by atoms with Crippen LogP contribution >= 0.6 is 22.9 Å². The lowest BCUT2D eigenvalue weighted by Crippen LogP contribution is -2.04. The molecule has 94 valence electrons. The molecular weight excluding hydrogens is 277 g/mol. The van der Waals surface area contributed by atoms with Gasteiger partial charge in [0.05, 0.1) is 12.1 Å². The van der Waals surface area contributed by atoms with Crippen molar-refractivity contribution in [3.63, 3.8) is 0 Å². The molecule has 0 atom stereocenters. The quantitative estimate of drug-likeness (QED) is 0.858. The number of benzene rings is 1. The Hall–Kier alpha value is -1.59. The summed E-state index contributed by atoms with van der Waals surface area (Å²) in [5.41, 5.74) is 7.09. The van der Waals surface area contributed by atoms with E-state index in [1.165, 1.54) is 36.6 Å². The van der Waals surface area contributed by atoms with Crippen LogP contribution in [0, 0.1) is 5.82 Å². The number of hydrogen-bond donors (Lipinski definition) is 1. The summed E-state index contributed by atoms with van der Waals surface area (Å²) in [6, 6.07) is 3.97. The maximum Gasteiger partial charge on any atom is 0.341 e. The van der Waals surface area contributed by atoms with E-state index in [4.69, 9.17) is 17.3 Å². The van der Waals surface area contributed by atoms with E-state index in [0.29, 0.717) is 16.1 Å². The number of thiophene rings is 1. The molecule has 0 saturated heterocycles. The average molecular weight is 286 g/mol. The van der Waals surface area contributed by atoms with Crippen LogP contribution in [0.4, 0.5) is 9.39 Å². The Morgan fingerprint density at radius 2 is 2.17 bits per heavy atom. The molecule has 0 fully saturated rings. The second kappa shape index (κ2) is 4.96. The van der Waals surface area contributed by atoms with Gasteiger partial charge in [0.25, 0.3) is 0 Å². The summed E-state index contributed by atoms with van der Waals surface area (Å²) in [5.74, 6) is -0.976. The standard InChI is InChI=1S/C12H9ClFNO2S/c1-17-12(16)10-8(5-18-11(10)15)7-3-2-6(14)4-9(7)13/h2-5H,15H2,1H3. The van der Waals surface area contributed by atoms with Crippen molar-refractivity contribution in [2.24, 2.45) is 0 Å². The molecule has 0 amide bonds. The van der Waals surface area contributed by atoms with Gasteiger partial charge in [0, 0.05) is 16.5 Å². The van der Waals surface area contributed by atoms with Crippen molar-refractivity contribution in [1.29, 1.82) is 0 Å². The van der Waals surface area contributed by atoms with Crippen molar-refractivity contribution in [2.45, 2.75) is 0 Å². The number of carbonyl (C=O) groups is 1. The van der Waals surface area contributed by atoms with Gasteiger partial charge in [-0.05, 0) is 18.2 Å². The Morgan fingerprint density at radius 3 is 2.78 bits per heavy atom. The Balaban J connectivity index is 2.61. The third-order valence-corrected chi connectivity index (χ3v) is 3.55. The largest absolute Gasteiger partial charge is 0.465 e. The molecule has 0 bridgehead atoms. The third kappa shape index (κ3) is 2.19. The fourth-order valence-electron chi connectivity index (χ4n) is 1.59. The highest BCUT2D eigenvalue weighted by Gasteiger charge is 2.20. The summed E-state index contributed by atoms with van der Waals surface area (Å²) in [5, 5.41) is 2.26. The normalized spacial score (nSPS) is 10.4. The zero-order valence-electron chi connectivity index (χ0n) is 9.37. The first-order valence-electron chi connectivity index (χ1n) is 4.95. The van der Waals surface area contributed by atoms with Crippen LogP contribution in [0.2, 0.25) is 5.02 Å². The molecule has 0 aliphatic rings. The zero-order valence-corrected chi connectivity index (χ0v) is 10.9. The SMILES string of the molecule is COC(=O)c1c(-c2ccc(F)cc2Cl)csc1N. The number of anilines is 1. The summed E-state index contributed by atoms with van der Waals surface area (Å²) >= 11 is 7.17. The number of rotatable bonds is 2. The van der Waals surface area contributed by atoms with Crippen LogP contribution in [0.3, 0.4) is 0 Å². The second-order valence-corrected chi connectivity index (χ2v) is 4.82. The highest BCUT2D eigenvalue weighted by molar-refractivity contribution is 7.15. The van der Waals surface area contributed by atoms with Gasteiger partial charge in [-0.2, -0.15) is 0 Å². The number of methoxy groups -OCH3 is 1. The predicted molar refractivity (Wildman–Crippen MR) is 70.5 cm³/mol. The van der Waals surface area contributed by atoms with E-state index >= 15 is 0 Å². The van der Waals surface area contributed by atoms with Crippen molar-refractivity contribution < 1.29 is 13.9 Å². The summed E-state index contributed by atoms with van der Waals surface area (Å²) in [7, 11) is 1.27. The van der Waals surface area contributed by atoms with Gasteiger partial charge >= 0.3 is 5.97 Å². The van der Waals surface area contributed by atoms with Crippen molar-refractivity contribution in [3.05, 3.63) is 40.0 Å². The molecule has 2 N–H and O–H groups in total. The number of ether oxygens (including phenoxy) is 1. The van der Waals surface area contributed by atoms with E-state index in [1.54, 1.807) is 5.38 Å². The first kappa shape index (κ1) is 12.9. The molecule has 6 heteroatoms. The summed E-state index contributed by atoms with van der Waals surface area (Å²) in [6.45, 7) is 0. The molecule has 3 nitrogen and oxygen atoms in total. The van der Waals surface area contributed by atoms with E-state index in [0.717, 1.165) is 0 Å². The van der Waals surface area contributed by atoms with Gasteiger partial charge in [-0.25, -0.2) is 9.18 Å². The molecule has 1 heterocycles. The molecule has 0 spiro atoms. The van der Waals surface area contributed by atoms with Crippen molar-refractivity contribution in [2.75, 3.05) is 12.8 Å². The average Bonchev–Trinajstić information content (AvgIpc) is 2.70. The van der Waals surface area contributed by atoms with Gasteiger partial charge in [0.1, 0.15) is 16.4 Å². The Bertz CT molecular complexity index is 612. The number of esters is 1. The van der Waals surface area contributed by atoms with Gasteiger partial charge < -0.3 is 10.5 Å². The molecule has 0 aliphatic heterocycles. The van der Waals surface area contributed by atoms with Crippen LogP contribution < -0.4 is 5.73 Å². The van der Waals surface area contributed by atoms with Gasteiger partial charge in [-0.3, -0.25) is 0 Å². The van der Waals surface area contributed by atoms with E-state index in [-0.39, 0.29) is 10.6 Å². The molecule has 1 aromatic heterocycles. The summed E-state index contributed by atoms with van der Waals surface area (Å²) in [6.07, 6.45) is 0. The number of nitrogen functional groups attached to an aromatic ring is 1. The van der Waals surface area contributed by atoms with Crippen LogP contribution in [-0.4, -0.2) is 13.1 Å². The van der Waals surface area contributed by atoms with Crippen molar-refractivity contribution in [3.8, 4) is 11.1 Å². The molecule has 0 unspecified atom stereocenters. The van der Waals surface area contributed by atoms with Crippen LogP contribution in [0.15, 0.2) is 23.6 Å². The molecule has 0 aliphatic carbocycles. The molecule has 0 radical (unpaired) electrons. The minimum absolute atomic E-state index is 0.220. The lowest BCUT2D eigenvalue weighted by molar-refractivity contribution is 0.0603. The lowest BCUT2D eigenvalue weighted by atomic mass is 10.0. The molecule has 0 saturated carbocycles. The number of carbonyl (C=O) groups excluding carboxylic acids is 1. The monoisotopic (exact) mass is 285 g/mol. The first-order chi connectivity index (χ1) is 8.54. The molecule has 1 aromatic carbocycles. The van der Waals surface area contributed by atoms with Crippen LogP contribution in [0.5, 0.6) is 0 Å². The fraction of sp³-hybridized carbons (Fsp3) is 0.0833. The van der Waals surface area contributed by atoms with Crippen LogP contribution in [0.1, 0.15) is 10.4 Å². The number of nitrogens with two attached hydrogens (primary N) is 1. The Kier molecular flexibility index (Phi) is 3.54. The van der Waals surface area contributed by atoms with Gasteiger partial charge in [-0.15, -0.1) is 11.3 Å². The second-order valence-electron chi connectivity index (χ2n) is 3.50. The number of hydrogen-bond acceptors (Lipinski definition) is 4. The van der Waals surface area contributed by atoms with Gasteiger partial charge in [-0.1, -0.05) is 11.6 Å². The molecule has 2 aromatic rings. The highest BCUT2D eigenvalue weighted by Crippen LogP contribution is 2.37. The van der Waals surface area contributed by atoms with Crippen LogP contribution in [0.25, 0.3) is 11.1 Å². The molecular formula is C12H9ClFNO2S. The first-order valence-corrected chi connectivity index (χ1v) is 6.21. The topological polar surface area (TPSA) is 52.3 Å². The van der Waals surface area contributed by atoms with E-state index in [2.05, 4.69) is 4.74 Å². The Labute approximate surface area is 112 Å². The van der Waals surface area contributed by atoms with Crippen molar-refractivity contribution >= 4 is 33.9 Å². The zero-order chi connectivity index (χ0) is 13.3. The smallest absolute Gasteiger partial charge is 0.341 e. The Morgan fingerprint density at radius 1 is 1.44 bits per heavy atom. The fourth-order valence-corrected chi connectivity index (χ4v) is 2.66. The van der Waals surface area contributed by atoms with Gasteiger partial charge in [0.2, 0.25) is 0 Å². The van der Waals surface area contributed by atoms with E-state index in [9.17, 15) is 9.18 Å². The molecule has 2 rings (SSSR count). The third-order valence-electron chi connectivity index (χ3n) is 2.43. The number of halogens is 2. The van der Waals surface area contributed by atoms with Crippen molar-refractivity contribution in [1.82, 2.24) is 0 Å². The molecule has 18 heavy (non-hydrogen) atoms.